The Morgan fingerprint density at radius 3 is 1.60 bits per heavy atom. The molecule has 10 rings (SSSR count). The second-order valence-electron chi connectivity index (χ2n) is 16.8. The van der Waals surface area contributed by atoms with E-state index in [4.69, 9.17) is 0 Å². The van der Waals surface area contributed by atoms with Gasteiger partial charge in [0.25, 0.3) is 0 Å². The Bertz CT molecular complexity index is 2900. The molecule has 0 N–H and O–H groups in total. The van der Waals surface area contributed by atoms with E-state index in [0.717, 1.165) is 17.1 Å². The maximum Gasteiger partial charge on any atom is 0.0540 e. The van der Waals surface area contributed by atoms with Gasteiger partial charge in [-0.2, -0.15) is 0 Å². The molecule has 1 aliphatic rings. The highest BCUT2D eigenvalue weighted by molar-refractivity contribution is 6.25. The topological polar surface area (TPSA) is 3.24 Å². The highest BCUT2D eigenvalue weighted by Crippen LogP contribution is 2.49. The molecule has 0 saturated heterocycles. The molecule has 0 aliphatic heterocycles. The standard InChI is InChI=1S/C54H45N/c1-53(2)30-31-54(3,4)51-35-48-38(34-50(51)53)17-15-26-45(48)47-25-12-13-27-52(47)55(39-18-6-5-7-19-39)40-20-14-16-36(32-40)37-28-29-46-43-23-9-8-21-41(43)42-22-10-11-24-44(42)49(46)33-37/h5-29,32-35H,30-31H2,1-4H3. The van der Waals surface area contributed by atoms with Crippen LogP contribution >= 0.6 is 0 Å². The van der Waals surface area contributed by atoms with Gasteiger partial charge >= 0.3 is 0 Å². The van der Waals surface area contributed by atoms with Gasteiger partial charge in [-0.15, -0.1) is 0 Å². The Kier molecular flexibility index (Phi) is 7.72. The minimum Gasteiger partial charge on any atom is -0.310 e. The average Bonchev–Trinajstić information content (AvgIpc) is 3.23. The van der Waals surface area contributed by atoms with Crippen molar-refractivity contribution < 1.29 is 0 Å². The van der Waals surface area contributed by atoms with Gasteiger partial charge in [0, 0.05) is 16.9 Å². The van der Waals surface area contributed by atoms with Crippen molar-refractivity contribution in [3.8, 4) is 22.3 Å². The molecule has 0 atom stereocenters. The third-order valence-corrected chi connectivity index (χ3v) is 12.5. The Morgan fingerprint density at radius 1 is 0.364 bits per heavy atom. The van der Waals surface area contributed by atoms with Crippen LogP contribution in [-0.2, 0) is 10.8 Å². The quantitative estimate of drug-likeness (QED) is 0.161. The molecule has 0 radical (unpaired) electrons. The third kappa shape index (κ3) is 5.52. The van der Waals surface area contributed by atoms with Crippen LogP contribution in [-0.4, -0.2) is 0 Å². The SMILES string of the molecule is CC1(C)CCC(C)(C)c2cc3c(-c4ccccc4N(c4ccccc4)c4cccc(-c5ccc6c7ccccc7c7ccccc7c6c5)c4)cccc3cc21. The fraction of sp³-hybridized carbons (Fsp3) is 0.148. The van der Waals surface area contributed by atoms with E-state index < -0.39 is 0 Å². The number of anilines is 3. The highest BCUT2D eigenvalue weighted by Gasteiger charge is 2.37. The summed E-state index contributed by atoms with van der Waals surface area (Å²) >= 11 is 0. The smallest absolute Gasteiger partial charge is 0.0540 e. The Balaban J connectivity index is 1.15. The zero-order valence-corrected chi connectivity index (χ0v) is 32.1. The fourth-order valence-corrected chi connectivity index (χ4v) is 9.39. The summed E-state index contributed by atoms with van der Waals surface area (Å²) in [5.74, 6) is 0. The van der Waals surface area contributed by atoms with E-state index in [1.54, 1.807) is 0 Å². The monoisotopic (exact) mass is 707 g/mol. The molecule has 1 nitrogen and oxygen atoms in total. The highest BCUT2D eigenvalue weighted by atomic mass is 15.1. The number of benzene rings is 9. The summed E-state index contributed by atoms with van der Waals surface area (Å²) in [6, 6.07) is 65.4. The molecular formula is C54H45N. The van der Waals surface area contributed by atoms with E-state index in [1.165, 1.54) is 89.3 Å². The van der Waals surface area contributed by atoms with E-state index >= 15 is 0 Å². The molecule has 0 amide bonds. The minimum absolute atomic E-state index is 0.129. The van der Waals surface area contributed by atoms with Crippen molar-refractivity contribution in [3.05, 3.63) is 187 Å². The first-order chi connectivity index (χ1) is 26.8. The second-order valence-corrected chi connectivity index (χ2v) is 16.8. The van der Waals surface area contributed by atoms with Crippen LogP contribution in [0.2, 0.25) is 0 Å². The van der Waals surface area contributed by atoms with E-state index in [9.17, 15) is 0 Å². The first-order valence-corrected chi connectivity index (χ1v) is 19.7. The van der Waals surface area contributed by atoms with Crippen molar-refractivity contribution in [2.45, 2.75) is 51.4 Å². The number of nitrogens with zero attached hydrogens (tertiary/aromatic N) is 1. The lowest BCUT2D eigenvalue weighted by Crippen LogP contribution is -2.33. The van der Waals surface area contributed by atoms with Gasteiger partial charge in [0.15, 0.2) is 0 Å². The first-order valence-electron chi connectivity index (χ1n) is 19.7. The maximum absolute atomic E-state index is 2.53. The van der Waals surface area contributed by atoms with E-state index in [-0.39, 0.29) is 10.8 Å². The molecule has 0 saturated carbocycles. The van der Waals surface area contributed by atoms with E-state index in [2.05, 4.69) is 209 Å². The lowest BCUT2D eigenvalue weighted by atomic mass is 9.62. The number of rotatable bonds is 5. The molecule has 9 aromatic carbocycles. The Labute approximate surface area is 324 Å². The summed E-state index contributed by atoms with van der Waals surface area (Å²) in [5.41, 5.74) is 11.6. The van der Waals surface area contributed by atoms with Gasteiger partial charge in [-0.05, 0) is 137 Å². The normalized spacial score (nSPS) is 14.7. The lowest BCUT2D eigenvalue weighted by molar-refractivity contribution is 0.332. The molecule has 0 fully saturated rings. The Hall–Kier alpha value is -6.18. The number of para-hydroxylation sites is 2. The molecule has 55 heavy (non-hydrogen) atoms. The van der Waals surface area contributed by atoms with Crippen LogP contribution in [0.4, 0.5) is 17.1 Å². The predicted octanol–water partition coefficient (Wildman–Crippen LogP) is 15.5. The van der Waals surface area contributed by atoms with Crippen LogP contribution in [0.3, 0.4) is 0 Å². The molecule has 9 aromatic rings. The molecule has 0 heterocycles. The van der Waals surface area contributed by atoms with Gasteiger partial charge in [0.05, 0.1) is 5.69 Å². The van der Waals surface area contributed by atoms with Gasteiger partial charge in [-0.3, -0.25) is 0 Å². The molecule has 266 valence electrons. The summed E-state index contributed by atoms with van der Waals surface area (Å²) in [7, 11) is 0. The summed E-state index contributed by atoms with van der Waals surface area (Å²) in [4.78, 5) is 2.44. The maximum atomic E-state index is 2.53. The number of fused-ring (bicyclic) bond motifs is 8. The van der Waals surface area contributed by atoms with Crippen LogP contribution < -0.4 is 4.90 Å². The van der Waals surface area contributed by atoms with E-state index in [0.29, 0.717) is 0 Å². The molecular weight excluding hydrogens is 663 g/mol. The van der Waals surface area contributed by atoms with E-state index in [1.807, 2.05) is 0 Å². The van der Waals surface area contributed by atoms with Gasteiger partial charge in [0.2, 0.25) is 0 Å². The summed E-state index contributed by atoms with van der Waals surface area (Å²) < 4.78 is 0. The average molecular weight is 708 g/mol. The van der Waals surface area contributed by atoms with Crippen molar-refractivity contribution >= 4 is 60.2 Å². The summed E-state index contributed by atoms with van der Waals surface area (Å²) in [5, 5.41) is 10.4. The molecule has 0 unspecified atom stereocenters. The van der Waals surface area contributed by atoms with Crippen molar-refractivity contribution in [1.82, 2.24) is 0 Å². The van der Waals surface area contributed by atoms with Crippen LogP contribution in [0.1, 0.15) is 51.7 Å². The molecule has 0 aromatic heterocycles. The van der Waals surface area contributed by atoms with Crippen LogP contribution in [0, 0.1) is 0 Å². The zero-order chi connectivity index (χ0) is 37.3. The van der Waals surface area contributed by atoms with Crippen LogP contribution in [0.25, 0.3) is 65.3 Å². The van der Waals surface area contributed by atoms with Gasteiger partial charge < -0.3 is 4.90 Å². The van der Waals surface area contributed by atoms with Crippen molar-refractivity contribution in [2.75, 3.05) is 4.90 Å². The number of hydrogen-bond donors (Lipinski definition) is 0. The molecule has 1 aliphatic carbocycles. The first kappa shape index (κ1) is 33.4. The third-order valence-electron chi connectivity index (χ3n) is 12.5. The van der Waals surface area contributed by atoms with Gasteiger partial charge in [-0.1, -0.05) is 161 Å². The fourth-order valence-electron chi connectivity index (χ4n) is 9.39. The summed E-state index contributed by atoms with van der Waals surface area (Å²) in [6.45, 7) is 9.68. The van der Waals surface area contributed by atoms with Crippen LogP contribution in [0.5, 0.6) is 0 Å². The largest absolute Gasteiger partial charge is 0.310 e. The Morgan fingerprint density at radius 2 is 0.891 bits per heavy atom. The predicted molar refractivity (Wildman–Crippen MR) is 237 cm³/mol. The summed E-state index contributed by atoms with van der Waals surface area (Å²) in [6.07, 6.45) is 2.40. The molecule has 0 bridgehead atoms. The second kappa shape index (κ2) is 12.7. The van der Waals surface area contributed by atoms with Crippen LogP contribution in [0.15, 0.2) is 176 Å². The molecule has 0 spiro atoms. The van der Waals surface area contributed by atoms with Gasteiger partial charge in [0.1, 0.15) is 0 Å². The van der Waals surface area contributed by atoms with Gasteiger partial charge in [-0.25, -0.2) is 0 Å². The van der Waals surface area contributed by atoms with Crippen molar-refractivity contribution in [1.29, 1.82) is 0 Å². The lowest BCUT2D eigenvalue weighted by Gasteiger charge is -2.42. The zero-order valence-electron chi connectivity index (χ0n) is 32.1. The minimum atomic E-state index is 0.129. The van der Waals surface area contributed by atoms with Crippen molar-refractivity contribution in [2.24, 2.45) is 0 Å². The van der Waals surface area contributed by atoms with Crippen molar-refractivity contribution in [3.63, 3.8) is 0 Å². The number of hydrogen-bond acceptors (Lipinski definition) is 1. The molecule has 1 heteroatoms.